The molecular formula is C18H26N2O5S. The van der Waals surface area contributed by atoms with Crippen molar-refractivity contribution >= 4 is 10.0 Å². The van der Waals surface area contributed by atoms with Gasteiger partial charge in [0.15, 0.2) is 11.5 Å². The van der Waals surface area contributed by atoms with E-state index in [9.17, 15) is 8.42 Å². The first-order valence-electron chi connectivity index (χ1n) is 9.31. The van der Waals surface area contributed by atoms with Crippen molar-refractivity contribution in [1.29, 1.82) is 0 Å². The molecule has 1 saturated heterocycles. The van der Waals surface area contributed by atoms with Crippen LogP contribution in [0, 0.1) is 0 Å². The number of benzene rings is 1. The van der Waals surface area contributed by atoms with E-state index in [-0.39, 0.29) is 18.7 Å². The zero-order chi connectivity index (χ0) is 18.1. The topological polar surface area (TPSA) is 77.1 Å². The van der Waals surface area contributed by atoms with Gasteiger partial charge in [0, 0.05) is 13.1 Å². The summed E-state index contributed by atoms with van der Waals surface area (Å²) in [6.45, 7) is 1.18. The molecule has 0 aromatic heterocycles. The van der Waals surface area contributed by atoms with Crippen LogP contribution in [0.15, 0.2) is 18.2 Å². The van der Waals surface area contributed by atoms with Crippen LogP contribution in [0.4, 0.5) is 0 Å². The van der Waals surface area contributed by atoms with Crippen LogP contribution in [0.1, 0.15) is 43.7 Å². The van der Waals surface area contributed by atoms with Crippen LogP contribution >= 0.6 is 0 Å². The minimum atomic E-state index is -3.50. The van der Waals surface area contributed by atoms with E-state index in [1.54, 1.807) is 12.1 Å². The van der Waals surface area contributed by atoms with Crippen molar-refractivity contribution in [2.75, 3.05) is 26.9 Å². The minimum Gasteiger partial charge on any atom is -0.486 e. The second-order valence-electron chi connectivity index (χ2n) is 7.23. The Kier molecular flexibility index (Phi) is 5.09. The Labute approximate surface area is 154 Å². The highest BCUT2D eigenvalue weighted by Crippen LogP contribution is 2.39. The molecule has 2 aliphatic heterocycles. The molecular weight excluding hydrogens is 356 g/mol. The molecule has 1 aliphatic carbocycles. The maximum Gasteiger partial charge on any atom is 0.219 e. The lowest BCUT2D eigenvalue weighted by Crippen LogP contribution is -2.44. The van der Waals surface area contributed by atoms with Gasteiger partial charge in [-0.25, -0.2) is 13.1 Å². The first kappa shape index (κ1) is 18.0. The predicted octanol–water partition coefficient (Wildman–Crippen LogP) is 2.00. The summed E-state index contributed by atoms with van der Waals surface area (Å²) in [7, 11) is -1.72. The molecule has 26 heavy (non-hydrogen) atoms. The molecule has 0 spiro atoms. The van der Waals surface area contributed by atoms with E-state index in [0.717, 1.165) is 31.2 Å². The summed E-state index contributed by atoms with van der Waals surface area (Å²) >= 11 is 0. The van der Waals surface area contributed by atoms with Crippen LogP contribution in [-0.4, -0.2) is 51.6 Å². The lowest BCUT2D eigenvalue weighted by Gasteiger charge is -2.28. The van der Waals surface area contributed by atoms with Gasteiger partial charge >= 0.3 is 0 Å². The number of ether oxygens (including phenoxy) is 2. The summed E-state index contributed by atoms with van der Waals surface area (Å²) in [5, 5.41) is 0.980. The van der Waals surface area contributed by atoms with Crippen molar-refractivity contribution in [3.05, 3.63) is 23.8 Å². The number of fused-ring (bicyclic) bond motifs is 1. The van der Waals surface area contributed by atoms with Crippen LogP contribution in [-0.2, 0) is 14.9 Å². The molecule has 7 nitrogen and oxygen atoms in total. The van der Waals surface area contributed by atoms with Gasteiger partial charge in [0.1, 0.15) is 18.5 Å². The third-order valence-corrected chi connectivity index (χ3v) is 7.28. The van der Waals surface area contributed by atoms with Gasteiger partial charge in [-0.2, -0.15) is 5.06 Å². The zero-order valence-electron chi connectivity index (χ0n) is 15.0. The zero-order valence-corrected chi connectivity index (χ0v) is 15.8. The van der Waals surface area contributed by atoms with Crippen LogP contribution in [0.25, 0.3) is 0 Å². The Morgan fingerprint density at radius 1 is 1.08 bits per heavy atom. The highest BCUT2D eigenvalue weighted by atomic mass is 32.2. The van der Waals surface area contributed by atoms with Gasteiger partial charge in [0.2, 0.25) is 10.0 Å². The molecule has 4 rings (SSSR count). The Morgan fingerprint density at radius 3 is 2.58 bits per heavy atom. The molecule has 2 unspecified atom stereocenters. The van der Waals surface area contributed by atoms with Crippen LogP contribution in [0.5, 0.6) is 11.5 Å². The van der Waals surface area contributed by atoms with Crippen LogP contribution in [0.2, 0.25) is 0 Å². The Morgan fingerprint density at radius 2 is 1.81 bits per heavy atom. The van der Waals surface area contributed by atoms with Crippen molar-refractivity contribution < 1.29 is 22.7 Å². The van der Waals surface area contributed by atoms with Crippen molar-refractivity contribution in [1.82, 2.24) is 9.79 Å². The number of hydroxylamine groups is 2. The monoisotopic (exact) mass is 382 g/mol. The van der Waals surface area contributed by atoms with Crippen LogP contribution in [0.3, 0.4) is 0 Å². The Balaban J connectivity index is 1.57. The molecule has 1 saturated carbocycles. The fourth-order valence-electron chi connectivity index (χ4n) is 4.06. The van der Waals surface area contributed by atoms with Gasteiger partial charge in [-0.05, 0) is 30.5 Å². The Bertz CT molecular complexity index is 748. The fraction of sp³-hybridized carbons (Fsp3) is 0.667. The molecule has 1 aromatic carbocycles. The molecule has 2 heterocycles. The van der Waals surface area contributed by atoms with E-state index in [1.807, 2.05) is 18.2 Å². The molecule has 1 aromatic rings. The third kappa shape index (κ3) is 3.55. The lowest BCUT2D eigenvalue weighted by atomic mass is 9.96. The van der Waals surface area contributed by atoms with Gasteiger partial charge in [-0.3, -0.25) is 4.84 Å². The van der Waals surface area contributed by atoms with E-state index in [0.29, 0.717) is 24.7 Å². The number of hydrogen-bond acceptors (Lipinski definition) is 6. The predicted molar refractivity (Wildman–Crippen MR) is 96.6 cm³/mol. The summed E-state index contributed by atoms with van der Waals surface area (Å²) < 4.78 is 40.2. The average molecular weight is 382 g/mol. The Hall–Kier alpha value is -1.35. The summed E-state index contributed by atoms with van der Waals surface area (Å²) in [6, 6.07) is 5.27. The van der Waals surface area contributed by atoms with Gasteiger partial charge in [-0.1, -0.05) is 25.3 Å². The highest BCUT2D eigenvalue weighted by Gasteiger charge is 2.44. The lowest BCUT2D eigenvalue weighted by molar-refractivity contribution is -0.110. The second-order valence-corrected chi connectivity index (χ2v) is 9.16. The van der Waals surface area contributed by atoms with E-state index in [1.165, 1.54) is 6.42 Å². The van der Waals surface area contributed by atoms with Crippen molar-refractivity contribution in [2.24, 2.45) is 0 Å². The van der Waals surface area contributed by atoms with Gasteiger partial charge in [-0.15, -0.1) is 0 Å². The number of nitrogens with zero attached hydrogens (tertiary/aromatic N) is 1. The highest BCUT2D eigenvalue weighted by molar-refractivity contribution is 7.90. The fourth-order valence-corrected chi connectivity index (χ4v) is 5.85. The first-order valence-corrected chi connectivity index (χ1v) is 10.9. The van der Waals surface area contributed by atoms with Gasteiger partial charge in [0.25, 0.3) is 0 Å². The standard InChI is InChI=1S/C18H26N2O5S/c1-20-18(13-7-8-15-16(11-13)24-10-9-23-15)17(12-25-20)26(21,22)19-14-5-3-2-4-6-14/h7-8,11,14,17-19H,2-6,9-10,12H2,1H3. The molecule has 1 N–H and O–H groups in total. The summed E-state index contributed by atoms with van der Waals surface area (Å²) in [5.74, 6) is 1.35. The molecule has 2 fully saturated rings. The third-order valence-electron chi connectivity index (χ3n) is 5.43. The quantitative estimate of drug-likeness (QED) is 0.858. The summed E-state index contributed by atoms with van der Waals surface area (Å²) in [6.07, 6.45) is 5.18. The molecule has 8 heteroatoms. The molecule has 0 radical (unpaired) electrons. The number of nitrogens with one attached hydrogen (secondary N) is 1. The number of sulfonamides is 1. The molecule has 0 amide bonds. The molecule has 3 aliphatic rings. The van der Waals surface area contributed by atoms with E-state index in [2.05, 4.69) is 4.72 Å². The largest absolute Gasteiger partial charge is 0.486 e. The van der Waals surface area contributed by atoms with Crippen molar-refractivity contribution in [2.45, 2.75) is 49.4 Å². The summed E-state index contributed by atoms with van der Waals surface area (Å²) in [4.78, 5) is 5.59. The summed E-state index contributed by atoms with van der Waals surface area (Å²) in [5.41, 5.74) is 0.855. The second kappa shape index (κ2) is 7.34. The normalized spacial score (nSPS) is 27.6. The van der Waals surface area contributed by atoms with E-state index in [4.69, 9.17) is 14.3 Å². The smallest absolute Gasteiger partial charge is 0.219 e. The SMILES string of the molecule is CN1OCC(S(=O)(=O)NC2CCCCC2)C1c1ccc2c(c1)OCCO2. The van der Waals surface area contributed by atoms with E-state index < -0.39 is 15.3 Å². The molecule has 2 atom stereocenters. The maximum absolute atomic E-state index is 13.0. The molecule has 144 valence electrons. The number of rotatable bonds is 4. The van der Waals surface area contributed by atoms with Crippen LogP contribution < -0.4 is 14.2 Å². The first-order chi connectivity index (χ1) is 12.5. The maximum atomic E-state index is 13.0. The molecule has 0 bridgehead atoms. The van der Waals surface area contributed by atoms with Crippen molar-refractivity contribution in [3.8, 4) is 11.5 Å². The number of hydrogen-bond donors (Lipinski definition) is 1. The van der Waals surface area contributed by atoms with E-state index >= 15 is 0 Å². The van der Waals surface area contributed by atoms with Crippen molar-refractivity contribution in [3.63, 3.8) is 0 Å². The van der Waals surface area contributed by atoms with Gasteiger partial charge in [0.05, 0.1) is 12.6 Å². The minimum absolute atomic E-state index is 0.0422. The van der Waals surface area contributed by atoms with Gasteiger partial charge < -0.3 is 9.47 Å². The average Bonchev–Trinajstić information content (AvgIpc) is 3.04.